The monoisotopic (exact) mass is 754 g/mol. The summed E-state index contributed by atoms with van der Waals surface area (Å²) in [7, 11) is -1.27. The Morgan fingerprint density at radius 3 is 2.39 bits per heavy atom. The van der Waals surface area contributed by atoms with Gasteiger partial charge in [0.05, 0.1) is 8.07 Å². The molecule has 0 N–H and O–H groups in total. The van der Waals surface area contributed by atoms with Gasteiger partial charge in [-0.05, 0) is 57.7 Å². The molecule has 0 saturated carbocycles. The maximum Gasteiger partial charge on any atom is 0.124 e. The third kappa shape index (κ3) is 6.90. The van der Waals surface area contributed by atoms with E-state index in [9.17, 15) is 4.39 Å². The number of nitrogens with zero attached hydrogens (tertiary/aromatic N) is 2. The molecule has 41 heavy (non-hydrogen) atoms. The Kier molecular flexibility index (Phi) is 9.25. The summed E-state index contributed by atoms with van der Waals surface area (Å²) in [5, 5.41) is 3.57. The van der Waals surface area contributed by atoms with E-state index in [0.717, 1.165) is 48.3 Å². The van der Waals surface area contributed by atoms with Crippen LogP contribution >= 0.6 is 11.3 Å². The van der Waals surface area contributed by atoms with Crippen LogP contribution in [0.25, 0.3) is 42.7 Å². The second-order valence-electron chi connectivity index (χ2n) is 11.2. The van der Waals surface area contributed by atoms with E-state index in [4.69, 9.17) is 1.37 Å². The van der Waals surface area contributed by atoms with E-state index in [1.807, 2.05) is 62.4 Å². The van der Waals surface area contributed by atoms with Crippen molar-refractivity contribution < 1.29 is 25.9 Å². The van der Waals surface area contributed by atoms with Crippen molar-refractivity contribution in [2.45, 2.75) is 46.3 Å². The maximum absolute atomic E-state index is 13.5. The van der Waals surface area contributed by atoms with Gasteiger partial charge in [0.25, 0.3) is 0 Å². The van der Waals surface area contributed by atoms with Crippen molar-refractivity contribution in [1.82, 2.24) is 9.97 Å². The summed E-state index contributed by atoms with van der Waals surface area (Å²) < 4.78 is 23.7. The number of hydrogen-bond donors (Lipinski definition) is 0. The Morgan fingerprint density at radius 1 is 0.902 bits per heavy atom. The average Bonchev–Trinajstić information content (AvgIpc) is 3.30. The van der Waals surface area contributed by atoms with Crippen molar-refractivity contribution in [3.8, 4) is 22.5 Å². The molecule has 0 aliphatic rings. The Hall–Kier alpha value is -3.02. The van der Waals surface area contributed by atoms with E-state index in [-0.39, 0.29) is 25.9 Å². The van der Waals surface area contributed by atoms with Crippen LogP contribution in [-0.4, -0.2) is 18.0 Å². The molecule has 211 valence electrons. The van der Waals surface area contributed by atoms with E-state index < -0.39 is 14.0 Å². The number of hydrogen-bond acceptors (Lipinski definition) is 3. The molecule has 2 nitrogen and oxygen atoms in total. The van der Waals surface area contributed by atoms with E-state index in [1.165, 1.54) is 16.8 Å². The molecule has 0 aliphatic heterocycles. The van der Waals surface area contributed by atoms with E-state index in [0.29, 0.717) is 0 Å². The molecule has 6 heteroatoms. The molecule has 0 amide bonds. The van der Waals surface area contributed by atoms with Crippen LogP contribution in [0.1, 0.15) is 32.2 Å². The molecule has 6 rings (SSSR count). The molecule has 3 heterocycles. The first-order valence-corrected chi connectivity index (χ1v) is 17.7. The summed E-state index contributed by atoms with van der Waals surface area (Å²) in [6.07, 6.45) is 3.79. The molecular weight excluding hydrogens is 720 g/mol. The Bertz CT molecular complexity index is 1840. The Labute approximate surface area is 262 Å². The van der Waals surface area contributed by atoms with Gasteiger partial charge in [0.2, 0.25) is 0 Å². The molecule has 0 bridgehead atoms. The number of rotatable bonds is 4. The molecule has 0 spiro atoms. The number of benzene rings is 3. The van der Waals surface area contributed by atoms with Gasteiger partial charge in [0.1, 0.15) is 5.82 Å². The predicted molar refractivity (Wildman–Crippen MR) is 172 cm³/mol. The topological polar surface area (TPSA) is 25.8 Å². The van der Waals surface area contributed by atoms with Gasteiger partial charge in [0.15, 0.2) is 0 Å². The van der Waals surface area contributed by atoms with Crippen LogP contribution in [0.5, 0.6) is 0 Å². The van der Waals surface area contributed by atoms with Gasteiger partial charge in [-0.15, -0.1) is 59.7 Å². The van der Waals surface area contributed by atoms with Crippen LogP contribution in [-0.2, 0) is 20.1 Å². The van der Waals surface area contributed by atoms with Gasteiger partial charge >= 0.3 is 0 Å². The minimum absolute atomic E-state index is 0. The Balaban J connectivity index is 0.000000200. The smallest absolute Gasteiger partial charge is 0.124 e. The molecule has 0 unspecified atom stereocenters. The largest absolute Gasteiger partial charge is 0.305 e. The zero-order valence-electron chi connectivity index (χ0n) is 25.1. The summed E-state index contributed by atoms with van der Waals surface area (Å²) in [5.74, 6) is -0.912. The summed E-state index contributed by atoms with van der Waals surface area (Å²) >= 11 is 1.55. The molecule has 0 fully saturated rings. The van der Waals surface area contributed by atoms with Crippen molar-refractivity contribution in [1.29, 1.82) is 0 Å². The standard InChI is InChI=1S/C20H15FNS.C15H18NSi.Ir/c1-12(2)13-8-9-22-18(10-13)17-5-3-4-16-15-7-6-14(21)11-19(15)23-20(16)17;1-12-10-14(13-8-6-5-7-9-13)16-11-15(12)17(2,3)4;/h3-4,6-12H,1-2H3;5-8,10-11H,1-4H3;/q2*-1;/i12D;;. The first-order chi connectivity index (χ1) is 19.4. The minimum atomic E-state index is -1.27. The first kappa shape index (κ1) is 29.5. The summed E-state index contributed by atoms with van der Waals surface area (Å²) in [4.78, 5) is 9.06. The molecule has 3 aromatic carbocycles. The van der Waals surface area contributed by atoms with Gasteiger partial charge in [-0.3, -0.25) is 0 Å². The fourth-order valence-electron chi connectivity index (χ4n) is 4.83. The maximum atomic E-state index is 13.5. The number of aryl methyl sites for hydroxylation is 1. The molecule has 0 atom stereocenters. The molecular formula is C35H33FIrN2SSi-2. The van der Waals surface area contributed by atoms with Crippen LogP contribution < -0.4 is 5.19 Å². The van der Waals surface area contributed by atoms with E-state index >= 15 is 0 Å². The van der Waals surface area contributed by atoms with Crippen molar-refractivity contribution in [3.63, 3.8) is 0 Å². The number of thiophene rings is 1. The number of aromatic nitrogens is 2. The Morgan fingerprint density at radius 2 is 1.71 bits per heavy atom. The zero-order valence-corrected chi connectivity index (χ0v) is 28.3. The van der Waals surface area contributed by atoms with Crippen LogP contribution in [0.15, 0.2) is 85.2 Å². The average molecular weight is 754 g/mol. The summed E-state index contributed by atoms with van der Waals surface area (Å²) in [6.45, 7) is 13.0. The van der Waals surface area contributed by atoms with Crippen molar-refractivity contribution >= 4 is 44.8 Å². The summed E-state index contributed by atoms with van der Waals surface area (Å²) in [6, 6.07) is 29.3. The third-order valence-electron chi connectivity index (χ3n) is 6.89. The molecule has 0 saturated heterocycles. The van der Waals surface area contributed by atoms with Crippen LogP contribution in [0.4, 0.5) is 4.39 Å². The van der Waals surface area contributed by atoms with Gasteiger partial charge in [-0.2, -0.15) is 11.3 Å². The number of halogens is 1. The molecule has 1 radical (unpaired) electrons. The number of pyridine rings is 2. The first-order valence-electron chi connectivity index (χ1n) is 13.9. The number of fused-ring (bicyclic) bond motifs is 3. The van der Waals surface area contributed by atoms with E-state index in [2.05, 4.69) is 67.0 Å². The van der Waals surface area contributed by atoms with E-state index in [1.54, 1.807) is 23.6 Å². The third-order valence-corrected chi connectivity index (χ3v) is 10.2. The van der Waals surface area contributed by atoms with Gasteiger partial charge in [-0.25, -0.2) is 4.39 Å². The van der Waals surface area contributed by atoms with Crippen LogP contribution in [0.3, 0.4) is 0 Å². The second kappa shape index (κ2) is 12.9. The SMILES string of the molecule is Cc1cc(-c2[c-]cccc2)ncc1[Si](C)(C)C.[2H]C(C)(C)c1ccnc(-c2[c-]ccc3c2sc2cc(F)ccc23)c1.[Ir]. The van der Waals surface area contributed by atoms with Crippen LogP contribution in [0, 0.1) is 24.9 Å². The van der Waals surface area contributed by atoms with Gasteiger partial charge in [-0.1, -0.05) is 68.2 Å². The second-order valence-corrected chi connectivity index (χ2v) is 17.3. The molecule has 3 aromatic heterocycles. The van der Waals surface area contributed by atoms with Gasteiger partial charge in [0, 0.05) is 38.6 Å². The quantitative estimate of drug-likeness (QED) is 0.133. The van der Waals surface area contributed by atoms with Crippen LogP contribution in [0.2, 0.25) is 19.6 Å². The molecule has 0 aliphatic carbocycles. The minimum Gasteiger partial charge on any atom is -0.305 e. The molecule has 6 aromatic rings. The van der Waals surface area contributed by atoms with Gasteiger partial charge < -0.3 is 9.97 Å². The van der Waals surface area contributed by atoms with Crippen molar-refractivity contribution in [2.24, 2.45) is 0 Å². The summed E-state index contributed by atoms with van der Waals surface area (Å²) in [5.41, 5.74) is 6.05. The fourth-order valence-corrected chi connectivity index (χ4v) is 7.76. The predicted octanol–water partition coefficient (Wildman–Crippen LogP) is 9.58. The normalized spacial score (nSPS) is 11.9. The zero-order chi connectivity index (χ0) is 29.4. The van der Waals surface area contributed by atoms with Crippen molar-refractivity contribution in [2.75, 3.05) is 0 Å². The fraction of sp³-hybridized carbons (Fsp3) is 0.200. The van der Waals surface area contributed by atoms with Crippen molar-refractivity contribution in [3.05, 3.63) is 114 Å².